The molecule has 2 aliphatic carbocycles. The van der Waals surface area contributed by atoms with E-state index in [1.54, 1.807) is 14.2 Å². The highest BCUT2D eigenvalue weighted by Crippen LogP contribution is 2.50. The van der Waals surface area contributed by atoms with Crippen molar-refractivity contribution in [2.75, 3.05) is 34.0 Å². The van der Waals surface area contributed by atoms with Crippen molar-refractivity contribution in [3.05, 3.63) is 46.3 Å². The molecule has 0 spiro atoms. The van der Waals surface area contributed by atoms with E-state index in [9.17, 15) is 9.59 Å². The summed E-state index contributed by atoms with van der Waals surface area (Å²) < 4.78 is 16.6. The van der Waals surface area contributed by atoms with Crippen molar-refractivity contribution in [2.45, 2.75) is 57.8 Å². The smallest absolute Gasteiger partial charge is 0.161 e. The fourth-order valence-electron chi connectivity index (χ4n) is 5.33. The van der Waals surface area contributed by atoms with Gasteiger partial charge in [-0.15, -0.1) is 0 Å². The fourth-order valence-corrected chi connectivity index (χ4v) is 5.33. The lowest BCUT2D eigenvalue weighted by Gasteiger charge is -2.44. The summed E-state index contributed by atoms with van der Waals surface area (Å²) >= 11 is 0. The number of rotatable bonds is 8. The van der Waals surface area contributed by atoms with Gasteiger partial charge in [0.25, 0.3) is 0 Å². The zero-order valence-corrected chi connectivity index (χ0v) is 19.4. The number of methoxy groups -OCH3 is 2. The molecule has 1 aliphatic heterocycles. The molecule has 1 heterocycles. The molecule has 0 bridgehead atoms. The Morgan fingerprint density at radius 1 is 0.938 bits per heavy atom. The highest BCUT2D eigenvalue weighted by molar-refractivity contribution is 6.06. The van der Waals surface area contributed by atoms with Crippen LogP contribution < -0.4 is 9.47 Å². The molecule has 0 aromatic heterocycles. The van der Waals surface area contributed by atoms with Crippen LogP contribution in [0.25, 0.3) is 0 Å². The molecule has 0 saturated heterocycles. The quantitative estimate of drug-likeness (QED) is 0.554. The maximum Gasteiger partial charge on any atom is 0.161 e. The van der Waals surface area contributed by atoms with Gasteiger partial charge in [0.2, 0.25) is 0 Å². The molecule has 4 rings (SSSR count). The molecule has 172 valence electrons. The first-order valence-electron chi connectivity index (χ1n) is 11.7. The molecule has 0 N–H and O–H groups in total. The van der Waals surface area contributed by atoms with Crippen LogP contribution in [0.4, 0.5) is 0 Å². The summed E-state index contributed by atoms with van der Waals surface area (Å²) in [5.41, 5.74) is 4.72. The normalized spacial score (nSPS) is 19.3. The molecule has 0 radical (unpaired) electrons. The van der Waals surface area contributed by atoms with E-state index in [4.69, 9.17) is 14.2 Å². The minimum Gasteiger partial charge on any atom is -0.493 e. The highest BCUT2D eigenvalue weighted by atomic mass is 16.5. The number of allylic oxidation sites excluding steroid dienone is 4. The molecule has 3 aliphatic rings. The Bertz CT molecular complexity index is 917. The Kier molecular flexibility index (Phi) is 6.99. The summed E-state index contributed by atoms with van der Waals surface area (Å²) in [6, 6.07) is 5.82. The van der Waals surface area contributed by atoms with Crippen LogP contribution in [0.5, 0.6) is 11.5 Å². The van der Waals surface area contributed by atoms with Crippen LogP contribution in [0.2, 0.25) is 0 Å². The van der Waals surface area contributed by atoms with Crippen molar-refractivity contribution in [1.29, 1.82) is 0 Å². The van der Waals surface area contributed by atoms with E-state index in [0.717, 1.165) is 66.8 Å². The molecule has 6 nitrogen and oxygen atoms in total. The zero-order chi connectivity index (χ0) is 22.7. The molecule has 0 fully saturated rings. The average molecular weight is 440 g/mol. The number of ether oxygens (including phenoxy) is 3. The van der Waals surface area contributed by atoms with Gasteiger partial charge in [-0.05, 0) is 56.7 Å². The van der Waals surface area contributed by atoms with Crippen molar-refractivity contribution >= 4 is 11.6 Å². The third-order valence-corrected chi connectivity index (χ3v) is 6.64. The number of nitrogens with zero attached hydrogens (tertiary/aromatic N) is 1. The second kappa shape index (κ2) is 9.90. The summed E-state index contributed by atoms with van der Waals surface area (Å²) in [6.07, 6.45) is 5.36. The maximum atomic E-state index is 13.3. The van der Waals surface area contributed by atoms with Gasteiger partial charge >= 0.3 is 0 Å². The molecule has 0 saturated carbocycles. The molecule has 0 amide bonds. The van der Waals surface area contributed by atoms with Crippen molar-refractivity contribution in [1.82, 2.24) is 4.90 Å². The second-order valence-electron chi connectivity index (χ2n) is 8.55. The van der Waals surface area contributed by atoms with Gasteiger partial charge in [-0.2, -0.15) is 0 Å². The van der Waals surface area contributed by atoms with Crippen LogP contribution in [0.1, 0.15) is 63.4 Å². The van der Waals surface area contributed by atoms with Crippen LogP contribution in [-0.2, 0) is 14.3 Å². The number of hydrogen-bond acceptors (Lipinski definition) is 6. The standard InChI is InChI=1S/C26H33NO5/c1-4-32-22-13-12-17(16-23(22)31-3)24-25-18(8-5-10-20(25)28)27(14-7-15-30-2)19-9-6-11-21(29)26(19)24/h12-13,16,24H,4-11,14-15H2,1-3H3. The third kappa shape index (κ3) is 4.08. The summed E-state index contributed by atoms with van der Waals surface area (Å²) in [4.78, 5) is 28.9. The predicted octanol–water partition coefficient (Wildman–Crippen LogP) is 4.54. The lowest BCUT2D eigenvalue weighted by atomic mass is 9.71. The van der Waals surface area contributed by atoms with Crippen LogP contribution in [0.3, 0.4) is 0 Å². The van der Waals surface area contributed by atoms with Crippen molar-refractivity contribution in [2.24, 2.45) is 0 Å². The van der Waals surface area contributed by atoms with E-state index < -0.39 is 0 Å². The van der Waals surface area contributed by atoms with Gasteiger partial charge in [0, 0.05) is 61.6 Å². The number of carbonyl (C=O) groups excluding carboxylic acids is 2. The fraction of sp³-hybridized carbons (Fsp3) is 0.538. The first-order valence-corrected chi connectivity index (χ1v) is 11.7. The highest BCUT2D eigenvalue weighted by Gasteiger charge is 2.43. The first kappa shape index (κ1) is 22.6. The number of Topliss-reactive ketones (excluding diaryl/α,β-unsaturated/α-hetero) is 2. The Morgan fingerprint density at radius 2 is 1.59 bits per heavy atom. The monoisotopic (exact) mass is 439 g/mol. The molecule has 1 aromatic carbocycles. The van der Waals surface area contributed by atoms with Crippen LogP contribution >= 0.6 is 0 Å². The SMILES string of the molecule is CCOc1ccc(C2C3=C(CCCC3=O)N(CCCOC)C3=C2C(=O)CCC3)cc1OC. The minimum atomic E-state index is -0.330. The summed E-state index contributed by atoms with van der Waals surface area (Å²) in [7, 11) is 3.32. The van der Waals surface area contributed by atoms with Gasteiger partial charge in [-0.25, -0.2) is 0 Å². The lowest BCUT2D eigenvalue weighted by Crippen LogP contribution is -2.39. The van der Waals surface area contributed by atoms with E-state index in [0.29, 0.717) is 37.6 Å². The van der Waals surface area contributed by atoms with Gasteiger partial charge in [-0.1, -0.05) is 6.07 Å². The van der Waals surface area contributed by atoms with Gasteiger partial charge in [0.05, 0.1) is 13.7 Å². The maximum absolute atomic E-state index is 13.3. The summed E-state index contributed by atoms with van der Waals surface area (Å²) in [5.74, 6) is 1.28. The van der Waals surface area contributed by atoms with Crippen LogP contribution in [0, 0.1) is 0 Å². The molecule has 32 heavy (non-hydrogen) atoms. The lowest BCUT2D eigenvalue weighted by molar-refractivity contribution is -0.117. The second-order valence-corrected chi connectivity index (χ2v) is 8.55. The topological polar surface area (TPSA) is 65.1 Å². The van der Waals surface area contributed by atoms with Gasteiger partial charge in [0.1, 0.15) is 0 Å². The number of benzene rings is 1. The van der Waals surface area contributed by atoms with Crippen LogP contribution in [0.15, 0.2) is 40.7 Å². The van der Waals surface area contributed by atoms with Crippen LogP contribution in [-0.4, -0.2) is 50.4 Å². The van der Waals surface area contributed by atoms with E-state index in [2.05, 4.69) is 4.90 Å². The van der Waals surface area contributed by atoms with Crippen molar-refractivity contribution in [3.63, 3.8) is 0 Å². The number of carbonyl (C=O) groups is 2. The van der Waals surface area contributed by atoms with Gasteiger partial charge in [0.15, 0.2) is 23.1 Å². The third-order valence-electron chi connectivity index (χ3n) is 6.64. The Morgan fingerprint density at radius 3 is 2.16 bits per heavy atom. The molecule has 0 atom stereocenters. The van der Waals surface area contributed by atoms with Gasteiger partial charge in [-0.3, -0.25) is 9.59 Å². The minimum absolute atomic E-state index is 0.158. The molecular formula is C26H33NO5. The summed E-state index contributed by atoms with van der Waals surface area (Å²) in [5, 5.41) is 0. The van der Waals surface area contributed by atoms with Crippen molar-refractivity contribution < 1.29 is 23.8 Å². The molecule has 1 aromatic rings. The Labute approximate surface area is 190 Å². The number of hydrogen-bond donors (Lipinski definition) is 0. The van der Waals surface area contributed by atoms with E-state index in [1.165, 1.54) is 0 Å². The average Bonchev–Trinajstić information content (AvgIpc) is 2.80. The largest absolute Gasteiger partial charge is 0.493 e. The summed E-state index contributed by atoms with van der Waals surface area (Å²) in [6.45, 7) is 3.90. The predicted molar refractivity (Wildman–Crippen MR) is 122 cm³/mol. The van der Waals surface area contributed by atoms with E-state index in [-0.39, 0.29) is 17.5 Å². The molecular weight excluding hydrogens is 406 g/mol. The first-order chi connectivity index (χ1) is 15.6. The zero-order valence-electron chi connectivity index (χ0n) is 19.4. The van der Waals surface area contributed by atoms with E-state index in [1.807, 2.05) is 25.1 Å². The van der Waals surface area contributed by atoms with Crippen molar-refractivity contribution in [3.8, 4) is 11.5 Å². The molecule has 0 unspecified atom stereocenters. The molecule has 6 heteroatoms. The van der Waals surface area contributed by atoms with Gasteiger partial charge < -0.3 is 19.1 Å². The van der Waals surface area contributed by atoms with E-state index >= 15 is 0 Å². The Balaban J connectivity index is 1.86. The Hall–Kier alpha value is -2.60. The number of ketones is 2.